The topological polar surface area (TPSA) is 70.3 Å². The predicted octanol–water partition coefficient (Wildman–Crippen LogP) is 4.01. The normalized spacial score (nSPS) is 9.85. The van der Waals surface area contributed by atoms with Gasteiger partial charge in [0.05, 0.1) is 11.1 Å². The highest BCUT2D eigenvalue weighted by molar-refractivity contribution is 6.30. The highest BCUT2D eigenvalue weighted by Gasteiger charge is 2.13. The molecule has 4 nitrogen and oxygen atoms in total. The summed E-state index contributed by atoms with van der Waals surface area (Å²) in [6, 6.07) is 11.4. The number of hydrogen-bond donors (Lipinski definition) is 1. The van der Waals surface area contributed by atoms with E-state index in [-0.39, 0.29) is 5.56 Å². The van der Waals surface area contributed by atoms with Crippen LogP contribution in [0, 0.1) is 18.3 Å². The number of carboxylic acid groups (broad SMARTS) is 1. The zero-order valence-electron chi connectivity index (χ0n) is 10.6. The van der Waals surface area contributed by atoms with Crippen LogP contribution in [-0.4, -0.2) is 11.1 Å². The van der Waals surface area contributed by atoms with E-state index in [0.717, 1.165) is 0 Å². The fraction of sp³-hybridized carbons (Fsp3) is 0.0667. The van der Waals surface area contributed by atoms with Gasteiger partial charge in [0.1, 0.15) is 17.6 Å². The highest BCUT2D eigenvalue weighted by atomic mass is 35.5. The van der Waals surface area contributed by atoms with Crippen LogP contribution in [0.15, 0.2) is 36.4 Å². The van der Waals surface area contributed by atoms with Gasteiger partial charge in [0.2, 0.25) is 0 Å². The summed E-state index contributed by atoms with van der Waals surface area (Å²) >= 11 is 5.88. The Morgan fingerprint density at radius 3 is 2.70 bits per heavy atom. The lowest BCUT2D eigenvalue weighted by Gasteiger charge is -2.11. The van der Waals surface area contributed by atoms with Gasteiger partial charge in [0, 0.05) is 16.7 Å². The largest absolute Gasteiger partial charge is 0.478 e. The van der Waals surface area contributed by atoms with Gasteiger partial charge < -0.3 is 9.84 Å². The van der Waals surface area contributed by atoms with Gasteiger partial charge in [-0.2, -0.15) is 5.26 Å². The number of hydrogen-bond acceptors (Lipinski definition) is 3. The first-order chi connectivity index (χ1) is 9.52. The van der Waals surface area contributed by atoms with Crippen molar-refractivity contribution in [3.8, 4) is 17.6 Å². The number of carbonyl (C=O) groups is 1. The van der Waals surface area contributed by atoms with E-state index in [1.807, 2.05) is 6.07 Å². The second-order valence-electron chi connectivity index (χ2n) is 4.09. The Kier molecular flexibility index (Phi) is 3.92. The van der Waals surface area contributed by atoms with Crippen LogP contribution < -0.4 is 4.74 Å². The molecule has 0 fully saturated rings. The molecule has 0 aliphatic heterocycles. The molecule has 0 unspecified atom stereocenters. The molecule has 2 rings (SSSR count). The summed E-state index contributed by atoms with van der Waals surface area (Å²) in [5.41, 5.74) is 0.974. The monoisotopic (exact) mass is 287 g/mol. The van der Waals surface area contributed by atoms with Gasteiger partial charge in [0.25, 0.3) is 0 Å². The van der Waals surface area contributed by atoms with Gasteiger partial charge in [-0.15, -0.1) is 0 Å². The average Bonchev–Trinajstić information content (AvgIpc) is 2.41. The van der Waals surface area contributed by atoms with E-state index in [4.69, 9.17) is 26.7 Å². The smallest absolute Gasteiger partial charge is 0.336 e. The molecule has 0 spiro atoms. The Balaban J connectivity index is 2.46. The maximum Gasteiger partial charge on any atom is 0.336 e. The summed E-state index contributed by atoms with van der Waals surface area (Å²) in [7, 11) is 0. The highest BCUT2D eigenvalue weighted by Crippen LogP contribution is 2.31. The summed E-state index contributed by atoms with van der Waals surface area (Å²) in [6.45, 7) is 1.65. The van der Waals surface area contributed by atoms with Crippen molar-refractivity contribution in [2.45, 2.75) is 6.92 Å². The van der Waals surface area contributed by atoms with Crippen molar-refractivity contribution in [1.29, 1.82) is 5.26 Å². The van der Waals surface area contributed by atoms with Crippen LogP contribution in [0.25, 0.3) is 0 Å². The summed E-state index contributed by atoms with van der Waals surface area (Å²) in [5.74, 6) is -0.353. The third-order valence-electron chi connectivity index (χ3n) is 2.80. The Hall–Kier alpha value is -2.51. The molecule has 0 radical (unpaired) electrons. The van der Waals surface area contributed by atoms with E-state index in [1.54, 1.807) is 31.2 Å². The summed E-state index contributed by atoms with van der Waals surface area (Å²) in [4.78, 5) is 11.1. The van der Waals surface area contributed by atoms with E-state index in [9.17, 15) is 4.79 Å². The summed E-state index contributed by atoms with van der Waals surface area (Å²) in [5, 5.41) is 18.5. The lowest BCUT2D eigenvalue weighted by Crippen LogP contribution is -2.01. The van der Waals surface area contributed by atoms with Gasteiger partial charge in [-0.05, 0) is 31.2 Å². The SMILES string of the molecule is Cc1c(Oc2cc(Cl)ccc2C#N)cccc1C(=O)O. The number of halogens is 1. The third kappa shape index (κ3) is 2.73. The number of aromatic carboxylic acids is 1. The minimum absolute atomic E-state index is 0.156. The first-order valence-corrected chi connectivity index (χ1v) is 6.11. The van der Waals surface area contributed by atoms with E-state index >= 15 is 0 Å². The molecule has 100 valence electrons. The van der Waals surface area contributed by atoms with Crippen LogP contribution in [-0.2, 0) is 0 Å². The predicted molar refractivity (Wildman–Crippen MR) is 74.4 cm³/mol. The van der Waals surface area contributed by atoms with Gasteiger partial charge >= 0.3 is 5.97 Å². The van der Waals surface area contributed by atoms with Gasteiger partial charge in [-0.3, -0.25) is 0 Å². The maximum atomic E-state index is 11.1. The van der Waals surface area contributed by atoms with E-state index in [2.05, 4.69) is 0 Å². The second kappa shape index (κ2) is 5.64. The first kappa shape index (κ1) is 13.9. The van der Waals surface area contributed by atoms with Crippen LogP contribution in [0.2, 0.25) is 5.02 Å². The van der Waals surface area contributed by atoms with Crippen molar-refractivity contribution in [1.82, 2.24) is 0 Å². The van der Waals surface area contributed by atoms with Crippen LogP contribution >= 0.6 is 11.6 Å². The van der Waals surface area contributed by atoms with Crippen LogP contribution in [0.3, 0.4) is 0 Å². The summed E-state index contributed by atoms with van der Waals surface area (Å²) in [6.07, 6.45) is 0. The van der Waals surface area contributed by atoms with Crippen molar-refractivity contribution in [3.63, 3.8) is 0 Å². The number of benzene rings is 2. The molecule has 0 heterocycles. The molecular formula is C15H10ClNO3. The van der Waals surface area contributed by atoms with Crippen molar-refractivity contribution in [2.24, 2.45) is 0 Å². The number of carboxylic acids is 1. The quantitative estimate of drug-likeness (QED) is 0.926. The van der Waals surface area contributed by atoms with E-state index in [0.29, 0.717) is 27.6 Å². The molecule has 0 atom stereocenters. The van der Waals surface area contributed by atoms with Crippen molar-refractivity contribution in [2.75, 3.05) is 0 Å². The first-order valence-electron chi connectivity index (χ1n) is 5.73. The summed E-state index contributed by atoms with van der Waals surface area (Å²) < 4.78 is 5.63. The fourth-order valence-corrected chi connectivity index (χ4v) is 1.91. The maximum absolute atomic E-state index is 11.1. The fourth-order valence-electron chi connectivity index (χ4n) is 1.75. The van der Waals surface area contributed by atoms with Crippen LogP contribution in [0.5, 0.6) is 11.5 Å². The number of rotatable bonds is 3. The van der Waals surface area contributed by atoms with Crippen molar-refractivity contribution < 1.29 is 14.6 Å². The molecule has 0 saturated heterocycles. The molecule has 2 aromatic carbocycles. The molecule has 0 saturated carbocycles. The van der Waals surface area contributed by atoms with Crippen LogP contribution in [0.4, 0.5) is 0 Å². The minimum atomic E-state index is -1.03. The van der Waals surface area contributed by atoms with Crippen LogP contribution in [0.1, 0.15) is 21.5 Å². The zero-order chi connectivity index (χ0) is 14.7. The van der Waals surface area contributed by atoms with Gasteiger partial charge in [-0.25, -0.2) is 4.79 Å². The Morgan fingerprint density at radius 1 is 1.30 bits per heavy atom. The molecule has 0 amide bonds. The molecule has 2 aromatic rings. The van der Waals surface area contributed by atoms with E-state index in [1.165, 1.54) is 12.1 Å². The Morgan fingerprint density at radius 2 is 2.05 bits per heavy atom. The lowest BCUT2D eigenvalue weighted by atomic mass is 10.1. The van der Waals surface area contributed by atoms with Crippen molar-refractivity contribution in [3.05, 3.63) is 58.1 Å². The second-order valence-corrected chi connectivity index (χ2v) is 4.52. The molecular weight excluding hydrogens is 278 g/mol. The molecule has 0 bridgehead atoms. The average molecular weight is 288 g/mol. The lowest BCUT2D eigenvalue weighted by molar-refractivity contribution is 0.0695. The molecule has 0 aliphatic rings. The van der Waals surface area contributed by atoms with Crippen molar-refractivity contribution >= 4 is 17.6 Å². The third-order valence-corrected chi connectivity index (χ3v) is 3.03. The zero-order valence-corrected chi connectivity index (χ0v) is 11.3. The number of ether oxygens (including phenoxy) is 1. The number of nitriles is 1. The Bertz CT molecular complexity index is 720. The molecule has 5 heteroatoms. The number of nitrogens with zero attached hydrogens (tertiary/aromatic N) is 1. The molecule has 20 heavy (non-hydrogen) atoms. The minimum Gasteiger partial charge on any atom is -0.478 e. The van der Waals surface area contributed by atoms with Gasteiger partial charge in [0.15, 0.2) is 0 Å². The van der Waals surface area contributed by atoms with Gasteiger partial charge in [-0.1, -0.05) is 17.7 Å². The molecule has 0 aliphatic carbocycles. The Labute approximate surface area is 120 Å². The molecule has 0 aromatic heterocycles. The molecule has 1 N–H and O–H groups in total. The standard InChI is InChI=1S/C15H10ClNO3/c1-9-12(15(18)19)3-2-4-13(9)20-14-7-11(16)6-5-10(14)8-17/h2-7H,1H3,(H,18,19). The van der Waals surface area contributed by atoms with E-state index < -0.39 is 5.97 Å².